The number of nitrogens with zero attached hydrogens (tertiary/aromatic N) is 4. The van der Waals surface area contributed by atoms with Gasteiger partial charge in [-0.15, -0.1) is 0 Å². The molecule has 1 aliphatic heterocycles. The zero-order valence-electron chi connectivity index (χ0n) is 17.7. The minimum atomic E-state index is 0.300. The Kier molecular flexibility index (Phi) is 5.04. The van der Waals surface area contributed by atoms with Crippen LogP contribution in [0, 0.1) is 0 Å². The first-order valence-electron chi connectivity index (χ1n) is 10.7. The number of methoxy groups -OCH3 is 1. The van der Waals surface area contributed by atoms with Crippen LogP contribution in [0.4, 0.5) is 5.82 Å². The molecule has 3 aromatic rings. The Hall–Kier alpha value is -2.71. The lowest BCUT2D eigenvalue weighted by Gasteiger charge is -2.19. The fourth-order valence-corrected chi connectivity index (χ4v) is 4.05. The van der Waals surface area contributed by atoms with Gasteiger partial charge in [-0.05, 0) is 37.9 Å². The quantitative estimate of drug-likeness (QED) is 0.592. The molecule has 30 heavy (non-hydrogen) atoms. The molecule has 0 spiro atoms. The summed E-state index contributed by atoms with van der Waals surface area (Å²) in [5.74, 6) is 2.19. The highest BCUT2D eigenvalue weighted by Gasteiger charge is 2.30. The van der Waals surface area contributed by atoms with Crippen LogP contribution in [0.25, 0.3) is 17.0 Å². The number of hydrogen-bond acceptors (Lipinski definition) is 7. The highest BCUT2D eigenvalue weighted by molar-refractivity contribution is 5.66. The van der Waals surface area contributed by atoms with E-state index in [0.717, 1.165) is 65.7 Å². The highest BCUT2D eigenvalue weighted by atomic mass is 16.5. The normalized spacial score (nSPS) is 16.6. The van der Waals surface area contributed by atoms with Gasteiger partial charge in [-0.25, -0.2) is 14.5 Å². The lowest BCUT2D eigenvalue weighted by Crippen LogP contribution is -2.31. The summed E-state index contributed by atoms with van der Waals surface area (Å²) in [7, 11) is 3.66. The minimum absolute atomic E-state index is 0.300. The summed E-state index contributed by atoms with van der Waals surface area (Å²) < 4.78 is 13.2. The van der Waals surface area contributed by atoms with Crippen LogP contribution < -0.4 is 15.4 Å². The molecule has 158 valence electrons. The Balaban J connectivity index is 1.59. The standard InChI is InChI=1S/C22H28N6O2/c1-4-15(9-23-2)25-22-16-12-30-11-14(16)7-17(26-22)18-10-24-20-8-19(29-3)21(13-5-6-13)27-28(18)20/h7-8,10,13,15,23H,4-6,9,11-12H2,1-3H3,(H,25,26)/t15-/m1/s1. The van der Waals surface area contributed by atoms with Crippen LogP contribution in [0.15, 0.2) is 18.3 Å². The molecule has 2 N–H and O–H groups in total. The van der Waals surface area contributed by atoms with E-state index in [0.29, 0.717) is 25.2 Å². The van der Waals surface area contributed by atoms with Crippen molar-refractivity contribution in [3.63, 3.8) is 0 Å². The van der Waals surface area contributed by atoms with Gasteiger partial charge < -0.3 is 20.1 Å². The Morgan fingerprint density at radius 2 is 2.17 bits per heavy atom. The predicted octanol–water partition coefficient (Wildman–Crippen LogP) is 3.12. The maximum Gasteiger partial charge on any atom is 0.157 e. The number of nitrogens with one attached hydrogen (secondary N) is 2. The van der Waals surface area contributed by atoms with Gasteiger partial charge in [0, 0.05) is 30.1 Å². The molecular weight excluding hydrogens is 380 g/mol. The Morgan fingerprint density at radius 3 is 2.90 bits per heavy atom. The molecule has 5 rings (SSSR count). The van der Waals surface area contributed by atoms with Gasteiger partial charge >= 0.3 is 0 Å². The van der Waals surface area contributed by atoms with Crippen LogP contribution in [0.1, 0.15) is 48.9 Å². The van der Waals surface area contributed by atoms with Gasteiger partial charge in [-0.2, -0.15) is 5.10 Å². The first kappa shape index (κ1) is 19.3. The van der Waals surface area contributed by atoms with Crippen molar-refractivity contribution in [2.75, 3.05) is 26.0 Å². The lowest BCUT2D eigenvalue weighted by atomic mass is 10.1. The van der Waals surface area contributed by atoms with Gasteiger partial charge in [0.15, 0.2) is 5.65 Å². The summed E-state index contributed by atoms with van der Waals surface area (Å²) in [4.78, 5) is 9.56. The van der Waals surface area contributed by atoms with E-state index in [4.69, 9.17) is 19.6 Å². The fraction of sp³-hybridized carbons (Fsp3) is 0.500. The molecule has 2 aliphatic rings. The Morgan fingerprint density at radius 1 is 1.30 bits per heavy atom. The van der Waals surface area contributed by atoms with E-state index in [1.54, 1.807) is 7.11 Å². The molecule has 3 aromatic heterocycles. The fourth-order valence-electron chi connectivity index (χ4n) is 4.05. The summed E-state index contributed by atoms with van der Waals surface area (Å²) in [6.07, 6.45) is 5.16. The zero-order chi connectivity index (χ0) is 20.7. The van der Waals surface area contributed by atoms with E-state index in [1.807, 2.05) is 23.8 Å². The van der Waals surface area contributed by atoms with Gasteiger partial charge in [0.2, 0.25) is 0 Å². The van der Waals surface area contributed by atoms with Crippen molar-refractivity contribution in [3.8, 4) is 17.1 Å². The molecule has 0 unspecified atom stereocenters. The second-order valence-electron chi connectivity index (χ2n) is 8.08. The van der Waals surface area contributed by atoms with Crippen molar-refractivity contribution in [3.05, 3.63) is 35.2 Å². The first-order chi connectivity index (χ1) is 14.7. The Bertz CT molecular complexity index is 1080. The van der Waals surface area contributed by atoms with Crippen LogP contribution in [0.2, 0.25) is 0 Å². The summed E-state index contributed by atoms with van der Waals surface area (Å²) in [6.45, 7) is 4.25. The monoisotopic (exact) mass is 408 g/mol. The number of hydrogen-bond donors (Lipinski definition) is 2. The van der Waals surface area contributed by atoms with E-state index in [9.17, 15) is 0 Å². The van der Waals surface area contributed by atoms with Crippen molar-refractivity contribution in [2.24, 2.45) is 0 Å². The van der Waals surface area contributed by atoms with Crippen molar-refractivity contribution in [1.82, 2.24) is 24.9 Å². The molecular formula is C22H28N6O2. The number of likely N-dealkylation sites (N-methyl/N-ethyl adjacent to an activating group) is 1. The van der Waals surface area contributed by atoms with Gasteiger partial charge in [-0.1, -0.05) is 6.92 Å². The summed E-state index contributed by atoms with van der Waals surface area (Å²) in [5.41, 5.74) is 5.83. The van der Waals surface area contributed by atoms with E-state index in [1.165, 1.54) is 5.56 Å². The number of rotatable bonds is 8. The number of ether oxygens (including phenoxy) is 2. The third-order valence-electron chi connectivity index (χ3n) is 5.94. The van der Waals surface area contributed by atoms with Crippen LogP contribution in [-0.4, -0.2) is 46.3 Å². The summed E-state index contributed by atoms with van der Waals surface area (Å²) in [6, 6.07) is 4.38. The average molecular weight is 409 g/mol. The van der Waals surface area contributed by atoms with Crippen molar-refractivity contribution in [1.29, 1.82) is 0 Å². The van der Waals surface area contributed by atoms with Crippen LogP contribution in [0.5, 0.6) is 5.75 Å². The largest absolute Gasteiger partial charge is 0.495 e. The molecule has 4 heterocycles. The van der Waals surface area contributed by atoms with Gasteiger partial charge in [0.25, 0.3) is 0 Å². The highest BCUT2D eigenvalue weighted by Crippen LogP contribution is 2.43. The lowest BCUT2D eigenvalue weighted by molar-refractivity contribution is 0.134. The molecule has 1 fully saturated rings. The van der Waals surface area contributed by atoms with Crippen LogP contribution in [0.3, 0.4) is 0 Å². The first-order valence-corrected chi connectivity index (χ1v) is 10.7. The third-order valence-corrected chi connectivity index (χ3v) is 5.94. The van der Waals surface area contributed by atoms with Crippen molar-refractivity contribution < 1.29 is 9.47 Å². The van der Waals surface area contributed by atoms with Crippen molar-refractivity contribution >= 4 is 11.5 Å². The molecule has 1 atom stereocenters. The zero-order valence-corrected chi connectivity index (χ0v) is 17.7. The van der Waals surface area contributed by atoms with Crippen LogP contribution >= 0.6 is 0 Å². The molecule has 1 aliphatic carbocycles. The molecule has 0 radical (unpaired) electrons. The Labute approximate surface area is 176 Å². The molecule has 0 amide bonds. The molecule has 0 bridgehead atoms. The molecule has 8 nitrogen and oxygen atoms in total. The number of aromatic nitrogens is 4. The maximum absolute atomic E-state index is 5.73. The van der Waals surface area contributed by atoms with Crippen molar-refractivity contribution in [2.45, 2.75) is 51.4 Å². The second-order valence-corrected chi connectivity index (χ2v) is 8.08. The van der Waals surface area contributed by atoms with Gasteiger partial charge in [0.1, 0.15) is 23.0 Å². The van der Waals surface area contributed by atoms with E-state index < -0.39 is 0 Å². The number of anilines is 1. The molecule has 1 saturated carbocycles. The maximum atomic E-state index is 5.73. The second kappa shape index (κ2) is 7.85. The van der Waals surface area contributed by atoms with Crippen LogP contribution in [-0.2, 0) is 18.0 Å². The average Bonchev–Trinajstić information content (AvgIpc) is 3.35. The van der Waals surface area contributed by atoms with E-state index >= 15 is 0 Å². The number of imidazole rings is 1. The molecule has 0 aromatic carbocycles. The third kappa shape index (κ3) is 3.40. The SMILES string of the molecule is CC[C@H](CNC)Nc1nc(-c2cnc3cc(OC)c(C4CC4)nn23)cc2c1COC2. The molecule has 0 saturated heterocycles. The topological polar surface area (TPSA) is 85.6 Å². The minimum Gasteiger partial charge on any atom is -0.495 e. The smallest absolute Gasteiger partial charge is 0.157 e. The van der Waals surface area contributed by atoms with Gasteiger partial charge in [0.05, 0.1) is 32.2 Å². The number of fused-ring (bicyclic) bond motifs is 2. The summed E-state index contributed by atoms with van der Waals surface area (Å²) in [5, 5.41) is 11.8. The summed E-state index contributed by atoms with van der Waals surface area (Å²) >= 11 is 0. The van der Waals surface area contributed by atoms with E-state index in [-0.39, 0.29) is 0 Å². The van der Waals surface area contributed by atoms with Gasteiger partial charge in [-0.3, -0.25) is 0 Å². The number of pyridine rings is 1. The molecule has 8 heteroatoms. The van der Waals surface area contributed by atoms with E-state index in [2.05, 4.69) is 28.6 Å². The predicted molar refractivity (Wildman–Crippen MR) is 115 cm³/mol.